The standard InChI is InChI=1S/C28H30ClF4N5O2/c1-2-37(24-4-3-10-34-27(24)40)18-19-5-7-21(22(30)16-19)26(39)35-23-8-6-20(29)17-25(23)38-14-12-36(13-15-38)11-9-28(31,32)33/h3-8,10,16-17H,2,9,11-15,18H2,1H3,(H,34,40)(H,35,39). The van der Waals surface area contributed by atoms with Crippen LogP contribution in [-0.2, 0) is 6.54 Å². The zero-order valence-electron chi connectivity index (χ0n) is 21.9. The quantitative estimate of drug-likeness (QED) is 0.327. The van der Waals surface area contributed by atoms with Crippen molar-refractivity contribution in [2.45, 2.75) is 26.1 Å². The number of amides is 1. The summed E-state index contributed by atoms with van der Waals surface area (Å²) in [5.41, 5.74) is 1.69. The van der Waals surface area contributed by atoms with E-state index in [-0.39, 0.29) is 24.2 Å². The van der Waals surface area contributed by atoms with Gasteiger partial charge in [-0.2, -0.15) is 13.2 Å². The third kappa shape index (κ3) is 7.54. The van der Waals surface area contributed by atoms with Crippen LogP contribution in [0, 0.1) is 5.82 Å². The lowest BCUT2D eigenvalue weighted by Crippen LogP contribution is -2.47. The SMILES string of the molecule is CCN(Cc1ccc(C(=O)Nc2ccc(Cl)cc2N2CCN(CCC(F)(F)F)CC2)c(F)c1)c1ccc[nH]c1=O. The fraction of sp³-hybridized carbons (Fsp3) is 0.357. The van der Waals surface area contributed by atoms with Gasteiger partial charge in [0, 0.05) is 57.0 Å². The van der Waals surface area contributed by atoms with E-state index in [1.54, 1.807) is 46.2 Å². The molecule has 2 N–H and O–H groups in total. The molecule has 0 atom stereocenters. The van der Waals surface area contributed by atoms with Crippen LogP contribution in [0.25, 0.3) is 0 Å². The summed E-state index contributed by atoms with van der Waals surface area (Å²) in [6, 6.07) is 12.6. The van der Waals surface area contributed by atoms with Gasteiger partial charge in [0.1, 0.15) is 11.5 Å². The summed E-state index contributed by atoms with van der Waals surface area (Å²) >= 11 is 6.21. The molecule has 2 aromatic carbocycles. The van der Waals surface area contributed by atoms with E-state index in [1.165, 1.54) is 18.3 Å². The molecule has 1 aliphatic rings. The minimum Gasteiger partial charge on any atom is -0.367 e. The summed E-state index contributed by atoms with van der Waals surface area (Å²) in [5, 5.41) is 3.19. The average Bonchev–Trinajstić information content (AvgIpc) is 2.92. The first-order valence-electron chi connectivity index (χ1n) is 12.9. The number of halogens is 5. The topological polar surface area (TPSA) is 71.7 Å². The van der Waals surface area contributed by atoms with Gasteiger partial charge in [-0.05, 0) is 55.0 Å². The van der Waals surface area contributed by atoms with Crippen LogP contribution in [0.4, 0.5) is 34.6 Å². The highest BCUT2D eigenvalue weighted by Crippen LogP contribution is 2.31. The Labute approximate surface area is 234 Å². The number of hydrogen-bond acceptors (Lipinski definition) is 5. The predicted molar refractivity (Wildman–Crippen MR) is 149 cm³/mol. The van der Waals surface area contributed by atoms with Crippen molar-refractivity contribution >= 4 is 34.6 Å². The lowest BCUT2D eigenvalue weighted by Gasteiger charge is -2.37. The molecular formula is C28H30ClF4N5O2. The van der Waals surface area contributed by atoms with Crippen LogP contribution in [0.15, 0.2) is 59.5 Å². The highest BCUT2D eigenvalue weighted by Gasteiger charge is 2.29. The largest absolute Gasteiger partial charge is 0.390 e. The highest BCUT2D eigenvalue weighted by molar-refractivity contribution is 6.31. The molecule has 4 rings (SSSR count). The maximum atomic E-state index is 15.1. The number of H-pyrrole nitrogens is 1. The lowest BCUT2D eigenvalue weighted by molar-refractivity contribution is -0.138. The first-order chi connectivity index (χ1) is 19.0. The van der Waals surface area contributed by atoms with Gasteiger partial charge in [-0.15, -0.1) is 0 Å². The van der Waals surface area contributed by atoms with Gasteiger partial charge in [0.25, 0.3) is 11.5 Å². The predicted octanol–water partition coefficient (Wildman–Crippen LogP) is 5.52. The summed E-state index contributed by atoms with van der Waals surface area (Å²) in [4.78, 5) is 33.3. The van der Waals surface area contributed by atoms with Crippen LogP contribution in [0.1, 0.15) is 29.3 Å². The van der Waals surface area contributed by atoms with Crippen molar-refractivity contribution in [1.82, 2.24) is 9.88 Å². The van der Waals surface area contributed by atoms with Crippen molar-refractivity contribution in [1.29, 1.82) is 0 Å². The molecule has 1 aromatic heterocycles. The van der Waals surface area contributed by atoms with E-state index in [2.05, 4.69) is 10.3 Å². The van der Waals surface area contributed by atoms with Crippen molar-refractivity contribution in [2.75, 3.05) is 54.4 Å². The zero-order chi connectivity index (χ0) is 28.9. The van der Waals surface area contributed by atoms with E-state index in [0.717, 1.165) is 0 Å². The number of alkyl halides is 3. The second-order valence-corrected chi connectivity index (χ2v) is 9.96. The summed E-state index contributed by atoms with van der Waals surface area (Å²) in [6.45, 7) is 4.36. The summed E-state index contributed by atoms with van der Waals surface area (Å²) in [7, 11) is 0. The van der Waals surface area contributed by atoms with E-state index in [0.29, 0.717) is 60.4 Å². The van der Waals surface area contributed by atoms with Crippen LogP contribution in [-0.4, -0.2) is 61.2 Å². The van der Waals surface area contributed by atoms with Crippen molar-refractivity contribution in [3.8, 4) is 0 Å². The molecule has 12 heteroatoms. The third-order valence-electron chi connectivity index (χ3n) is 6.80. The number of aromatic nitrogens is 1. The number of rotatable bonds is 9. The molecule has 1 amide bonds. The Balaban J connectivity index is 1.44. The lowest BCUT2D eigenvalue weighted by atomic mass is 10.1. The number of hydrogen-bond donors (Lipinski definition) is 2. The fourth-order valence-corrected chi connectivity index (χ4v) is 4.82. The number of piperazine rings is 1. The second-order valence-electron chi connectivity index (χ2n) is 9.52. The number of pyridine rings is 1. The highest BCUT2D eigenvalue weighted by atomic mass is 35.5. The number of anilines is 3. The molecule has 0 bridgehead atoms. The normalized spacial score (nSPS) is 14.3. The minimum absolute atomic E-state index is 0.0659. The molecule has 40 heavy (non-hydrogen) atoms. The Kier molecular flexibility index (Phi) is 9.36. The first kappa shape index (κ1) is 29.4. The van der Waals surface area contributed by atoms with Crippen LogP contribution in [0.3, 0.4) is 0 Å². The molecule has 1 fully saturated rings. The van der Waals surface area contributed by atoms with Crippen molar-refractivity contribution < 1.29 is 22.4 Å². The Morgan fingerprint density at radius 1 is 1.10 bits per heavy atom. The summed E-state index contributed by atoms with van der Waals surface area (Å²) in [5.74, 6) is -1.36. The molecule has 214 valence electrons. The monoisotopic (exact) mass is 579 g/mol. The zero-order valence-corrected chi connectivity index (χ0v) is 22.7. The number of nitrogens with one attached hydrogen (secondary N) is 2. The Hall–Kier alpha value is -3.57. The second kappa shape index (κ2) is 12.7. The van der Waals surface area contributed by atoms with Gasteiger partial charge in [-0.1, -0.05) is 17.7 Å². The van der Waals surface area contributed by atoms with Crippen LogP contribution in [0.2, 0.25) is 5.02 Å². The Morgan fingerprint density at radius 3 is 2.50 bits per heavy atom. The average molecular weight is 580 g/mol. The Morgan fingerprint density at radius 2 is 1.85 bits per heavy atom. The van der Waals surface area contributed by atoms with Gasteiger partial charge in [0.2, 0.25) is 0 Å². The van der Waals surface area contributed by atoms with Crippen LogP contribution < -0.4 is 20.7 Å². The van der Waals surface area contributed by atoms with Crippen molar-refractivity contribution in [3.63, 3.8) is 0 Å². The molecule has 7 nitrogen and oxygen atoms in total. The number of carbonyl (C=O) groups excluding carboxylic acids is 1. The molecular weight excluding hydrogens is 550 g/mol. The number of nitrogens with zero attached hydrogens (tertiary/aromatic N) is 3. The number of aromatic amines is 1. The molecule has 0 aliphatic carbocycles. The van der Waals surface area contributed by atoms with E-state index in [4.69, 9.17) is 11.6 Å². The third-order valence-corrected chi connectivity index (χ3v) is 7.04. The van der Waals surface area contributed by atoms with Crippen molar-refractivity contribution in [2.24, 2.45) is 0 Å². The van der Waals surface area contributed by atoms with E-state index < -0.39 is 24.3 Å². The first-order valence-corrected chi connectivity index (χ1v) is 13.3. The van der Waals surface area contributed by atoms with Gasteiger partial charge in [-0.3, -0.25) is 14.5 Å². The van der Waals surface area contributed by atoms with Gasteiger partial charge >= 0.3 is 6.18 Å². The molecule has 1 saturated heterocycles. The molecule has 1 aliphatic heterocycles. The van der Waals surface area contributed by atoms with E-state index in [1.807, 2.05) is 11.8 Å². The van der Waals surface area contributed by atoms with Crippen LogP contribution in [0.5, 0.6) is 0 Å². The van der Waals surface area contributed by atoms with Gasteiger partial charge in [0.05, 0.1) is 23.4 Å². The summed E-state index contributed by atoms with van der Waals surface area (Å²) < 4.78 is 52.8. The molecule has 3 aromatic rings. The van der Waals surface area contributed by atoms with E-state index >= 15 is 4.39 Å². The van der Waals surface area contributed by atoms with Crippen LogP contribution >= 0.6 is 11.6 Å². The molecule has 2 heterocycles. The van der Waals surface area contributed by atoms with E-state index in [9.17, 15) is 22.8 Å². The molecule has 0 unspecified atom stereocenters. The maximum Gasteiger partial charge on any atom is 0.390 e. The minimum atomic E-state index is -4.20. The number of benzene rings is 2. The van der Waals surface area contributed by atoms with Gasteiger partial charge in [0.15, 0.2) is 0 Å². The fourth-order valence-electron chi connectivity index (χ4n) is 4.65. The summed E-state index contributed by atoms with van der Waals surface area (Å²) in [6.07, 6.45) is -3.53. The van der Waals surface area contributed by atoms with Crippen molar-refractivity contribution in [3.05, 3.63) is 87.0 Å². The molecule has 0 radical (unpaired) electrons. The van der Waals surface area contributed by atoms with Gasteiger partial charge < -0.3 is 20.1 Å². The number of carbonyl (C=O) groups is 1. The molecule has 0 saturated carbocycles. The smallest absolute Gasteiger partial charge is 0.367 e. The van der Waals surface area contributed by atoms with Gasteiger partial charge in [-0.25, -0.2) is 4.39 Å². The maximum absolute atomic E-state index is 15.1. The molecule has 0 spiro atoms. The Bertz CT molecular complexity index is 1390.